The zero-order valence-electron chi connectivity index (χ0n) is 10.6. The highest BCUT2D eigenvalue weighted by Crippen LogP contribution is 2.31. The van der Waals surface area contributed by atoms with Crippen LogP contribution in [0.5, 0.6) is 11.5 Å². The minimum Gasteiger partial charge on any atom is -0.493 e. The summed E-state index contributed by atoms with van der Waals surface area (Å²) in [6, 6.07) is 6.14. The molecule has 1 aromatic rings. The SMILES string of the molecule is COc1cc(C)ccc1OC1CCCCC1N. The number of rotatable bonds is 3. The van der Waals surface area contributed by atoms with Gasteiger partial charge in [-0.1, -0.05) is 12.5 Å². The Hall–Kier alpha value is -1.22. The Bertz CT molecular complexity index is 378. The van der Waals surface area contributed by atoms with E-state index >= 15 is 0 Å². The van der Waals surface area contributed by atoms with E-state index in [9.17, 15) is 0 Å². The normalized spacial score (nSPS) is 24.4. The van der Waals surface area contributed by atoms with Crippen LogP contribution >= 0.6 is 0 Å². The third kappa shape index (κ3) is 2.91. The van der Waals surface area contributed by atoms with Crippen LogP contribution in [0.4, 0.5) is 0 Å². The fourth-order valence-electron chi connectivity index (χ4n) is 2.31. The molecule has 0 aliphatic heterocycles. The Kier molecular flexibility index (Phi) is 3.89. The van der Waals surface area contributed by atoms with Crippen molar-refractivity contribution in [3.8, 4) is 11.5 Å². The minimum absolute atomic E-state index is 0.125. The summed E-state index contributed by atoms with van der Waals surface area (Å²) in [5, 5.41) is 0. The van der Waals surface area contributed by atoms with Gasteiger partial charge in [-0.05, 0) is 43.9 Å². The van der Waals surface area contributed by atoms with E-state index in [2.05, 4.69) is 0 Å². The fourth-order valence-corrected chi connectivity index (χ4v) is 2.31. The molecular formula is C14H21NO2. The highest BCUT2D eigenvalue weighted by molar-refractivity contribution is 5.42. The summed E-state index contributed by atoms with van der Waals surface area (Å²) in [4.78, 5) is 0. The van der Waals surface area contributed by atoms with Crippen molar-refractivity contribution in [2.24, 2.45) is 5.73 Å². The average molecular weight is 235 g/mol. The van der Waals surface area contributed by atoms with Crippen LogP contribution in [0.15, 0.2) is 18.2 Å². The molecule has 2 unspecified atom stereocenters. The van der Waals surface area contributed by atoms with Gasteiger partial charge in [0.15, 0.2) is 11.5 Å². The van der Waals surface area contributed by atoms with Crippen LogP contribution in [-0.4, -0.2) is 19.3 Å². The molecule has 1 fully saturated rings. The van der Waals surface area contributed by atoms with Crippen molar-refractivity contribution in [1.82, 2.24) is 0 Å². The quantitative estimate of drug-likeness (QED) is 0.876. The lowest BCUT2D eigenvalue weighted by Crippen LogP contribution is -2.41. The summed E-state index contributed by atoms with van der Waals surface area (Å²) in [5.41, 5.74) is 7.25. The van der Waals surface area contributed by atoms with Crippen molar-refractivity contribution >= 4 is 0 Å². The monoisotopic (exact) mass is 235 g/mol. The number of nitrogens with two attached hydrogens (primary N) is 1. The molecular weight excluding hydrogens is 214 g/mol. The Morgan fingerprint density at radius 3 is 2.65 bits per heavy atom. The maximum absolute atomic E-state index is 6.08. The van der Waals surface area contributed by atoms with Gasteiger partial charge in [0, 0.05) is 6.04 Å². The van der Waals surface area contributed by atoms with Gasteiger partial charge in [-0.15, -0.1) is 0 Å². The molecule has 0 heterocycles. The maximum atomic E-state index is 6.08. The van der Waals surface area contributed by atoms with Gasteiger partial charge in [0.1, 0.15) is 6.10 Å². The van der Waals surface area contributed by atoms with E-state index in [1.165, 1.54) is 18.4 Å². The molecule has 0 spiro atoms. The van der Waals surface area contributed by atoms with Crippen molar-refractivity contribution in [2.45, 2.75) is 44.8 Å². The van der Waals surface area contributed by atoms with Crippen LogP contribution < -0.4 is 15.2 Å². The van der Waals surface area contributed by atoms with Gasteiger partial charge in [-0.25, -0.2) is 0 Å². The molecule has 3 nitrogen and oxygen atoms in total. The van der Waals surface area contributed by atoms with Crippen LogP contribution in [0.3, 0.4) is 0 Å². The largest absolute Gasteiger partial charge is 0.493 e. The summed E-state index contributed by atoms with van der Waals surface area (Å²) in [7, 11) is 1.67. The molecule has 2 N–H and O–H groups in total. The third-order valence-electron chi connectivity index (χ3n) is 3.35. The zero-order chi connectivity index (χ0) is 12.3. The molecule has 2 atom stereocenters. The van der Waals surface area contributed by atoms with Crippen molar-refractivity contribution in [3.05, 3.63) is 23.8 Å². The van der Waals surface area contributed by atoms with E-state index < -0.39 is 0 Å². The molecule has 1 aromatic carbocycles. The Morgan fingerprint density at radius 1 is 1.18 bits per heavy atom. The number of benzene rings is 1. The second-order valence-electron chi connectivity index (χ2n) is 4.76. The highest BCUT2D eigenvalue weighted by atomic mass is 16.5. The van der Waals surface area contributed by atoms with Gasteiger partial charge in [0.25, 0.3) is 0 Å². The van der Waals surface area contributed by atoms with Crippen LogP contribution in [0.1, 0.15) is 31.2 Å². The van der Waals surface area contributed by atoms with Gasteiger partial charge >= 0.3 is 0 Å². The molecule has 0 amide bonds. The van der Waals surface area contributed by atoms with Crippen molar-refractivity contribution in [2.75, 3.05) is 7.11 Å². The Morgan fingerprint density at radius 2 is 1.94 bits per heavy atom. The molecule has 1 aliphatic rings. The first-order valence-electron chi connectivity index (χ1n) is 6.27. The van der Waals surface area contributed by atoms with E-state index in [1.807, 2.05) is 25.1 Å². The summed E-state index contributed by atoms with van der Waals surface area (Å²) in [6.07, 6.45) is 4.63. The van der Waals surface area contributed by atoms with E-state index in [4.69, 9.17) is 15.2 Å². The first kappa shape index (κ1) is 12.2. The third-order valence-corrected chi connectivity index (χ3v) is 3.35. The van der Waals surface area contributed by atoms with Crippen LogP contribution in [-0.2, 0) is 0 Å². The van der Waals surface area contributed by atoms with Crippen LogP contribution in [0.2, 0.25) is 0 Å². The highest BCUT2D eigenvalue weighted by Gasteiger charge is 2.24. The van der Waals surface area contributed by atoms with Crippen molar-refractivity contribution in [1.29, 1.82) is 0 Å². The van der Waals surface area contributed by atoms with Crippen LogP contribution in [0.25, 0.3) is 0 Å². The molecule has 0 radical (unpaired) electrons. The summed E-state index contributed by atoms with van der Waals surface area (Å²) < 4.78 is 11.3. The number of ether oxygens (including phenoxy) is 2. The maximum Gasteiger partial charge on any atom is 0.161 e. The number of hydrogen-bond acceptors (Lipinski definition) is 3. The Labute approximate surface area is 103 Å². The predicted molar refractivity (Wildman–Crippen MR) is 68.6 cm³/mol. The molecule has 17 heavy (non-hydrogen) atoms. The van der Waals surface area contributed by atoms with Crippen molar-refractivity contribution in [3.63, 3.8) is 0 Å². The topological polar surface area (TPSA) is 44.5 Å². The van der Waals surface area contributed by atoms with Gasteiger partial charge in [-0.2, -0.15) is 0 Å². The lowest BCUT2D eigenvalue weighted by atomic mass is 9.93. The molecule has 0 saturated heterocycles. The van der Waals surface area contributed by atoms with Crippen molar-refractivity contribution < 1.29 is 9.47 Å². The van der Waals surface area contributed by atoms with E-state index in [1.54, 1.807) is 7.11 Å². The minimum atomic E-state index is 0.125. The molecule has 1 saturated carbocycles. The van der Waals surface area contributed by atoms with E-state index in [0.717, 1.165) is 24.3 Å². The molecule has 3 heteroatoms. The van der Waals surface area contributed by atoms with Crippen LogP contribution in [0, 0.1) is 6.92 Å². The predicted octanol–water partition coefficient (Wildman–Crippen LogP) is 2.65. The van der Waals surface area contributed by atoms with Gasteiger partial charge in [0.2, 0.25) is 0 Å². The second kappa shape index (κ2) is 5.41. The lowest BCUT2D eigenvalue weighted by Gasteiger charge is -2.29. The summed E-state index contributed by atoms with van der Waals surface area (Å²) in [6.45, 7) is 2.04. The van der Waals surface area contributed by atoms with Gasteiger partial charge < -0.3 is 15.2 Å². The molecule has 2 rings (SSSR count). The average Bonchev–Trinajstić information content (AvgIpc) is 2.34. The Balaban J connectivity index is 2.11. The van der Waals surface area contributed by atoms with E-state index in [-0.39, 0.29) is 12.1 Å². The van der Waals surface area contributed by atoms with Gasteiger partial charge in [-0.3, -0.25) is 0 Å². The molecule has 0 bridgehead atoms. The first-order chi connectivity index (χ1) is 8.20. The smallest absolute Gasteiger partial charge is 0.161 e. The number of hydrogen-bond donors (Lipinski definition) is 1. The second-order valence-corrected chi connectivity index (χ2v) is 4.76. The number of methoxy groups -OCH3 is 1. The lowest BCUT2D eigenvalue weighted by molar-refractivity contribution is 0.128. The first-order valence-corrected chi connectivity index (χ1v) is 6.27. The fraction of sp³-hybridized carbons (Fsp3) is 0.571. The standard InChI is InChI=1S/C14H21NO2/c1-10-7-8-13(14(9-10)16-2)17-12-6-4-3-5-11(12)15/h7-9,11-12H,3-6,15H2,1-2H3. The number of aryl methyl sites for hydroxylation is 1. The summed E-state index contributed by atoms with van der Waals surface area (Å²) in [5.74, 6) is 1.60. The molecule has 94 valence electrons. The molecule has 0 aromatic heterocycles. The molecule has 1 aliphatic carbocycles. The zero-order valence-corrected chi connectivity index (χ0v) is 10.6. The van der Waals surface area contributed by atoms with E-state index in [0.29, 0.717) is 0 Å². The van der Waals surface area contributed by atoms with Gasteiger partial charge in [0.05, 0.1) is 7.11 Å². The summed E-state index contributed by atoms with van der Waals surface area (Å²) >= 11 is 0.